The number of pyridine rings is 1. The highest BCUT2D eigenvalue weighted by Gasteiger charge is 2.39. The van der Waals surface area contributed by atoms with Crippen LogP contribution in [-0.2, 0) is 0 Å². The maximum Gasteiger partial charge on any atom is 0.418 e. The van der Waals surface area contributed by atoms with Gasteiger partial charge in [0.2, 0.25) is 0 Å². The standard InChI is InChI=1S/C7H5F4NO/c8-5-1-4(2-12-3-5)6(13)7(9,10)11/h1-3,6,13H. The van der Waals surface area contributed by atoms with Crippen molar-refractivity contribution >= 4 is 0 Å². The zero-order valence-corrected chi connectivity index (χ0v) is 6.22. The van der Waals surface area contributed by atoms with Crippen molar-refractivity contribution in [1.82, 2.24) is 4.98 Å². The van der Waals surface area contributed by atoms with E-state index in [0.717, 1.165) is 12.4 Å². The molecule has 1 atom stereocenters. The second-order valence-corrected chi connectivity index (χ2v) is 2.38. The molecule has 0 aliphatic rings. The maximum absolute atomic E-state index is 12.4. The van der Waals surface area contributed by atoms with Gasteiger partial charge in [-0.15, -0.1) is 0 Å². The number of nitrogens with zero attached hydrogens (tertiary/aromatic N) is 1. The van der Waals surface area contributed by atoms with Crippen molar-refractivity contribution in [3.05, 3.63) is 29.8 Å². The number of aliphatic hydroxyl groups is 1. The molecule has 1 rings (SSSR count). The van der Waals surface area contributed by atoms with Crippen LogP contribution in [0.25, 0.3) is 0 Å². The molecule has 0 spiro atoms. The minimum Gasteiger partial charge on any atom is -0.379 e. The zero-order chi connectivity index (χ0) is 10.1. The van der Waals surface area contributed by atoms with Crippen molar-refractivity contribution in [2.45, 2.75) is 12.3 Å². The molecule has 0 aliphatic carbocycles. The Morgan fingerprint density at radius 3 is 2.38 bits per heavy atom. The van der Waals surface area contributed by atoms with Crippen LogP contribution >= 0.6 is 0 Å². The number of aliphatic hydroxyl groups excluding tert-OH is 1. The summed E-state index contributed by atoms with van der Waals surface area (Å²) in [6.07, 6.45) is -5.96. The molecule has 0 radical (unpaired) electrons. The Morgan fingerprint density at radius 2 is 1.92 bits per heavy atom. The quantitative estimate of drug-likeness (QED) is 0.693. The lowest BCUT2D eigenvalue weighted by Crippen LogP contribution is -2.20. The lowest BCUT2D eigenvalue weighted by atomic mass is 10.1. The van der Waals surface area contributed by atoms with Gasteiger partial charge in [0.1, 0.15) is 5.82 Å². The van der Waals surface area contributed by atoms with Crippen LogP contribution in [0, 0.1) is 5.82 Å². The molecule has 0 saturated carbocycles. The monoisotopic (exact) mass is 195 g/mol. The lowest BCUT2D eigenvalue weighted by molar-refractivity contribution is -0.206. The van der Waals surface area contributed by atoms with Gasteiger partial charge in [0.25, 0.3) is 0 Å². The van der Waals surface area contributed by atoms with Crippen molar-refractivity contribution in [3.63, 3.8) is 0 Å². The minimum absolute atomic E-state index is 0.588. The molecule has 13 heavy (non-hydrogen) atoms. The van der Waals surface area contributed by atoms with Crippen molar-refractivity contribution in [2.75, 3.05) is 0 Å². The fraction of sp³-hybridized carbons (Fsp3) is 0.286. The summed E-state index contributed by atoms with van der Waals surface area (Å²) < 4.78 is 48.0. The SMILES string of the molecule is OC(c1cncc(F)c1)C(F)(F)F. The van der Waals surface area contributed by atoms with Crippen LogP contribution in [0.2, 0.25) is 0 Å². The third-order valence-electron chi connectivity index (χ3n) is 1.35. The van der Waals surface area contributed by atoms with Crippen LogP contribution in [0.5, 0.6) is 0 Å². The first-order valence-electron chi connectivity index (χ1n) is 3.26. The van der Waals surface area contributed by atoms with Crippen LogP contribution in [0.15, 0.2) is 18.5 Å². The number of hydrogen-bond donors (Lipinski definition) is 1. The molecule has 2 nitrogen and oxygen atoms in total. The van der Waals surface area contributed by atoms with Gasteiger partial charge in [0.15, 0.2) is 6.10 Å². The fourth-order valence-corrected chi connectivity index (χ4v) is 0.767. The third-order valence-corrected chi connectivity index (χ3v) is 1.35. The van der Waals surface area contributed by atoms with Gasteiger partial charge in [-0.25, -0.2) is 4.39 Å². The normalized spacial score (nSPS) is 14.2. The number of hydrogen-bond acceptors (Lipinski definition) is 2. The highest BCUT2D eigenvalue weighted by Crippen LogP contribution is 2.31. The molecule has 72 valence electrons. The molecule has 0 aromatic carbocycles. The van der Waals surface area contributed by atoms with Crippen LogP contribution in [0.1, 0.15) is 11.7 Å². The highest BCUT2D eigenvalue weighted by atomic mass is 19.4. The van der Waals surface area contributed by atoms with Crippen LogP contribution < -0.4 is 0 Å². The minimum atomic E-state index is -4.80. The topological polar surface area (TPSA) is 33.1 Å². The molecule has 0 fully saturated rings. The summed E-state index contributed by atoms with van der Waals surface area (Å²) in [7, 11) is 0. The van der Waals surface area contributed by atoms with Crippen LogP contribution in [-0.4, -0.2) is 16.3 Å². The summed E-state index contributed by atoms with van der Waals surface area (Å²) >= 11 is 0. The smallest absolute Gasteiger partial charge is 0.379 e. The molecule has 0 aliphatic heterocycles. The van der Waals surface area contributed by atoms with Gasteiger partial charge in [-0.05, 0) is 6.07 Å². The molecular weight excluding hydrogens is 190 g/mol. The molecule has 1 unspecified atom stereocenters. The molecule has 1 aromatic heterocycles. The molecular formula is C7H5F4NO. The summed E-state index contributed by atoms with van der Waals surface area (Å²) in [5, 5.41) is 8.65. The van der Waals surface area contributed by atoms with Gasteiger partial charge >= 0.3 is 6.18 Å². The molecule has 0 saturated heterocycles. The van der Waals surface area contributed by atoms with E-state index in [1.807, 2.05) is 0 Å². The molecule has 0 bridgehead atoms. The van der Waals surface area contributed by atoms with E-state index in [0.29, 0.717) is 6.07 Å². The summed E-state index contributed by atoms with van der Waals surface area (Å²) in [4.78, 5) is 3.18. The maximum atomic E-state index is 12.4. The average molecular weight is 195 g/mol. The van der Waals surface area contributed by atoms with Gasteiger partial charge in [-0.3, -0.25) is 4.98 Å². The predicted molar refractivity (Wildman–Crippen MR) is 35.2 cm³/mol. The van der Waals surface area contributed by atoms with E-state index in [9.17, 15) is 17.6 Å². The first-order chi connectivity index (χ1) is 5.91. The molecule has 6 heteroatoms. The average Bonchev–Trinajstić information content (AvgIpc) is 2.01. The Labute approximate surface area is 70.8 Å². The molecule has 1 aromatic rings. The van der Waals surface area contributed by atoms with Gasteiger partial charge in [0.05, 0.1) is 6.20 Å². The van der Waals surface area contributed by atoms with Gasteiger partial charge in [-0.2, -0.15) is 13.2 Å². The van der Waals surface area contributed by atoms with E-state index >= 15 is 0 Å². The van der Waals surface area contributed by atoms with E-state index in [2.05, 4.69) is 4.98 Å². The number of rotatable bonds is 1. The Bertz CT molecular complexity index is 299. The first-order valence-corrected chi connectivity index (χ1v) is 3.26. The van der Waals surface area contributed by atoms with E-state index in [-0.39, 0.29) is 0 Å². The Morgan fingerprint density at radius 1 is 1.31 bits per heavy atom. The van der Waals surface area contributed by atoms with Crippen molar-refractivity contribution in [2.24, 2.45) is 0 Å². The first kappa shape index (κ1) is 9.91. The lowest BCUT2D eigenvalue weighted by Gasteiger charge is -2.13. The fourth-order valence-electron chi connectivity index (χ4n) is 0.767. The second-order valence-electron chi connectivity index (χ2n) is 2.38. The van der Waals surface area contributed by atoms with Crippen molar-refractivity contribution in [1.29, 1.82) is 0 Å². The van der Waals surface area contributed by atoms with E-state index < -0.39 is 23.7 Å². The third kappa shape index (κ3) is 2.38. The van der Waals surface area contributed by atoms with Gasteiger partial charge < -0.3 is 5.11 Å². The van der Waals surface area contributed by atoms with Crippen molar-refractivity contribution < 1.29 is 22.7 Å². The number of aromatic nitrogens is 1. The largest absolute Gasteiger partial charge is 0.418 e. The Balaban J connectivity index is 2.96. The Kier molecular flexibility index (Phi) is 2.51. The zero-order valence-electron chi connectivity index (χ0n) is 6.22. The summed E-state index contributed by atoms with van der Waals surface area (Å²) in [6.45, 7) is 0. The van der Waals surface area contributed by atoms with Gasteiger partial charge in [0, 0.05) is 11.8 Å². The van der Waals surface area contributed by atoms with Crippen LogP contribution in [0.3, 0.4) is 0 Å². The number of halogens is 4. The van der Waals surface area contributed by atoms with E-state index in [4.69, 9.17) is 5.11 Å². The van der Waals surface area contributed by atoms with Crippen molar-refractivity contribution in [3.8, 4) is 0 Å². The van der Waals surface area contributed by atoms with E-state index in [1.165, 1.54) is 0 Å². The Hall–Kier alpha value is -1.17. The molecule has 0 amide bonds. The second kappa shape index (κ2) is 3.29. The predicted octanol–water partition coefficient (Wildman–Crippen LogP) is 1.82. The summed E-state index contributed by atoms with van der Waals surface area (Å²) in [5.41, 5.74) is -0.604. The molecule has 1 N–H and O–H groups in total. The highest BCUT2D eigenvalue weighted by molar-refractivity contribution is 5.14. The summed E-state index contributed by atoms with van der Waals surface area (Å²) in [5.74, 6) is -0.916. The van der Waals surface area contributed by atoms with E-state index in [1.54, 1.807) is 0 Å². The number of alkyl halides is 3. The summed E-state index contributed by atoms with van der Waals surface area (Å²) in [6, 6.07) is 0.588. The molecule has 1 heterocycles. The van der Waals surface area contributed by atoms with Crippen LogP contribution in [0.4, 0.5) is 17.6 Å². The van der Waals surface area contributed by atoms with Gasteiger partial charge in [-0.1, -0.05) is 0 Å².